The molecule has 2 aromatic carbocycles. The van der Waals surface area contributed by atoms with Gasteiger partial charge >= 0.3 is 6.03 Å². The molecule has 3 aromatic rings. The van der Waals surface area contributed by atoms with Crippen molar-refractivity contribution in [2.24, 2.45) is 5.92 Å². The smallest absolute Gasteiger partial charge is 0.324 e. The Bertz CT molecular complexity index is 1010. The molecule has 1 aliphatic carbocycles. The molecule has 136 valence electrons. The van der Waals surface area contributed by atoms with Crippen LogP contribution >= 0.6 is 0 Å². The highest BCUT2D eigenvalue weighted by Crippen LogP contribution is 2.28. The van der Waals surface area contributed by atoms with E-state index in [-0.39, 0.29) is 11.9 Å². The van der Waals surface area contributed by atoms with Crippen molar-refractivity contribution in [3.05, 3.63) is 71.4 Å². The third-order valence-electron chi connectivity index (χ3n) is 5.78. The number of para-hydroxylation sites is 1. The summed E-state index contributed by atoms with van der Waals surface area (Å²) in [4.78, 5) is 29.9. The number of urea groups is 1. The Kier molecular flexibility index (Phi) is 3.74. The molecule has 1 atom stereocenters. The second-order valence-corrected chi connectivity index (χ2v) is 7.56. The number of carbonyl (C=O) groups excluding carboxylic acids is 2. The van der Waals surface area contributed by atoms with Gasteiger partial charge in [0, 0.05) is 30.1 Å². The minimum absolute atomic E-state index is 0.110. The van der Waals surface area contributed by atoms with Gasteiger partial charge < -0.3 is 10.3 Å². The maximum atomic E-state index is 12.9. The van der Waals surface area contributed by atoms with E-state index in [1.54, 1.807) is 0 Å². The highest BCUT2D eigenvalue weighted by molar-refractivity contribution is 6.04. The fourth-order valence-corrected chi connectivity index (χ4v) is 4.45. The molecule has 2 heterocycles. The Balaban J connectivity index is 1.29. The van der Waals surface area contributed by atoms with Crippen LogP contribution in [0.5, 0.6) is 0 Å². The first kappa shape index (κ1) is 16.1. The van der Waals surface area contributed by atoms with E-state index in [4.69, 9.17) is 0 Å². The molecule has 5 heteroatoms. The fraction of sp³-hybridized carbons (Fsp3) is 0.273. The van der Waals surface area contributed by atoms with Crippen LogP contribution in [-0.4, -0.2) is 34.4 Å². The lowest BCUT2D eigenvalue weighted by atomic mass is 10.0. The Morgan fingerprint density at radius 2 is 1.67 bits per heavy atom. The third kappa shape index (κ3) is 2.79. The summed E-state index contributed by atoms with van der Waals surface area (Å²) in [5.74, 6) is 0.199. The zero-order valence-electron chi connectivity index (χ0n) is 14.9. The van der Waals surface area contributed by atoms with E-state index in [2.05, 4.69) is 22.4 Å². The van der Waals surface area contributed by atoms with Crippen LogP contribution in [0.1, 0.15) is 16.7 Å². The minimum Gasteiger partial charge on any atom is -0.361 e. The largest absolute Gasteiger partial charge is 0.361 e. The van der Waals surface area contributed by atoms with E-state index in [9.17, 15) is 9.59 Å². The second-order valence-electron chi connectivity index (χ2n) is 7.56. The van der Waals surface area contributed by atoms with Crippen molar-refractivity contribution >= 4 is 22.8 Å². The molecule has 2 aliphatic rings. The lowest BCUT2D eigenvalue weighted by Crippen LogP contribution is -2.36. The van der Waals surface area contributed by atoms with E-state index >= 15 is 0 Å². The highest BCUT2D eigenvalue weighted by atomic mass is 16.2. The van der Waals surface area contributed by atoms with Gasteiger partial charge in [-0.2, -0.15) is 0 Å². The van der Waals surface area contributed by atoms with Crippen LogP contribution in [0.3, 0.4) is 0 Å². The number of H-pyrrole nitrogens is 1. The number of fused-ring (bicyclic) bond motifs is 2. The van der Waals surface area contributed by atoms with Crippen molar-refractivity contribution in [2.75, 3.05) is 6.54 Å². The van der Waals surface area contributed by atoms with Crippen LogP contribution in [0.15, 0.2) is 54.7 Å². The molecular weight excluding hydrogens is 338 g/mol. The summed E-state index contributed by atoms with van der Waals surface area (Å²) in [6.07, 6.45) is 4.30. The number of benzene rings is 2. The molecule has 0 bridgehead atoms. The average Bonchev–Trinajstić information content (AvgIpc) is 3.35. The van der Waals surface area contributed by atoms with E-state index < -0.39 is 6.04 Å². The van der Waals surface area contributed by atoms with Crippen molar-refractivity contribution in [3.8, 4) is 0 Å². The second kappa shape index (κ2) is 6.27. The number of nitrogens with one attached hydrogen (secondary N) is 2. The van der Waals surface area contributed by atoms with Crippen LogP contribution in [0.2, 0.25) is 0 Å². The van der Waals surface area contributed by atoms with E-state index in [1.165, 1.54) is 16.0 Å². The number of amides is 3. The molecule has 3 amide bonds. The predicted octanol–water partition coefficient (Wildman–Crippen LogP) is 3.05. The van der Waals surface area contributed by atoms with Crippen LogP contribution in [0.25, 0.3) is 10.9 Å². The Morgan fingerprint density at radius 3 is 2.44 bits per heavy atom. The first-order valence-corrected chi connectivity index (χ1v) is 9.42. The molecule has 1 saturated heterocycles. The summed E-state index contributed by atoms with van der Waals surface area (Å²) in [5.41, 5.74) is 4.78. The topological polar surface area (TPSA) is 65.2 Å². The van der Waals surface area contributed by atoms with Crippen molar-refractivity contribution in [1.82, 2.24) is 15.2 Å². The van der Waals surface area contributed by atoms with Gasteiger partial charge in [0.2, 0.25) is 0 Å². The molecule has 1 aliphatic heterocycles. The molecule has 5 nitrogen and oxygen atoms in total. The first-order chi connectivity index (χ1) is 13.2. The minimum atomic E-state index is -0.486. The molecule has 27 heavy (non-hydrogen) atoms. The number of nitrogens with zero attached hydrogens (tertiary/aromatic N) is 1. The van der Waals surface area contributed by atoms with Gasteiger partial charge in [-0.3, -0.25) is 9.69 Å². The maximum absolute atomic E-state index is 12.9. The number of imide groups is 1. The summed E-state index contributed by atoms with van der Waals surface area (Å²) in [6, 6.07) is 15.6. The molecule has 1 aromatic heterocycles. The lowest BCUT2D eigenvalue weighted by molar-refractivity contribution is -0.127. The van der Waals surface area contributed by atoms with E-state index in [0.717, 1.165) is 29.3 Å². The highest BCUT2D eigenvalue weighted by Gasteiger charge is 2.39. The van der Waals surface area contributed by atoms with Crippen LogP contribution in [0, 0.1) is 5.92 Å². The number of hydrogen-bond acceptors (Lipinski definition) is 2. The van der Waals surface area contributed by atoms with Gasteiger partial charge in [0.05, 0.1) is 0 Å². The molecule has 0 unspecified atom stereocenters. The van der Waals surface area contributed by atoms with Gasteiger partial charge in [-0.1, -0.05) is 42.5 Å². The van der Waals surface area contributed by atoms with Crippen molar-refractivity contribution < 1.29 is 9.59 Å². The Labute approximate surface area is 157 Å². The monoisotopic (exact) mass is 359 g/mol. The van der Waals surface area contributed by atoms with Crippen molar-refractivity contribution in [1.29, 1.82) is 0 Å². The summed E-state index contributed by atoms with van der Waals surface area (Å²) in [7, 11) is 0. The number of aromatic nitrogens is 1. The molecule has 1 fully saturated rings. The summed E-state index contributed by atoms with van der Waals surface area (Å²) in [5, 5.41) is 3.98. The first-order valence-electron chi connectivity index (χ1n) is 9.42. The zero-order valence-corrected chi connectivity index (χ0v) is 14.9. The average molecular weight is 359 g/mol. The fourth-order valence-electron chi connectivity index (χ4n) is 4.45. The van der Waals surface area contributed by atoms with Crippen LogP contribution in [0.4, 0.5) is 4.79 Å². The van der Waals surface area contributed by atoms with Gasteiger partial charge in [-0.15, -0.1) is 0 Å². The molecule has 0 saturated carbocycles. The maximum Gasteiger partial charge on any atom is 0.324 e. The molecule has 0 spiro atoms. The van der Waals surface area contributed by atoms with Gasteiger partial charge in [-0.05, 0) is 41.5 Å². The number of hydrogen-bond donors (Lipinski definition) is 2. The van der Waals surface area contributed by atoms with Gasteiger partial charge in [-0.25, -0.2) is 4.79 Å². The van der Waals surface area contributed by atoms with Crippen molar-refractivity contribution in [3.63, 3.8) is 0 Å². The lowest BCUT2D eigenvalue weighted by Gasteiger charge is -2.17. The number of carbonyl (C=O) groups is 2. The summed E-state index contributed by atoms with van der Waals surface area (Å²) in [6.45, 7) is 0.490. The van der Waals surface area contributed by atoms with Crippen molar-refractivity contribution in [2.45, 2.75) is 25.3 Å². The quantitative estimate of drug-likeness (QED) is 0.703. The van der Waals surface area contributed by atoms with E-state index in [0.29, 0.717) is 18.9 Å². The SMILES string of the molecule is O=C1N[C@H](Cc2c[nH]c3ccccc23)C(=O)N1CC1Cc2ccccc2C1. The van der Waals surface area contributed by atoms with Crippen LogP contribution in [-0.2, 0) is 24.1 Å². The normalized spacial score (nSPS) is 19.7. The summed E-state index contributed by atoms with van der Waals surface area (Å²) >= 11 is 0. The predicted molar refractivity (Wildman–Crippen MR) is 103 cm³/mol. The third-order valence-corrected chi connectivity index (χ3v) is 5.78. The molecular formula is C22H21N3O2. The summed E-state index contributed by atoms with van der Waals surface area (Å²) < 4.78 is 0. The molecule has 2 N–H and O–H groups in total. The standard InChI is InChI=1S/C22H21N3O2/c26-21-20(11-17-12-23-19-8-4-3-7-18(17)19)24-22(27)25(21)13-14-9-15-5-1-2-6-16(15)10-14/h1-8,12,14,20,23H,9-11,13H2,(H,24,27)/t20-/m1/s1. The molecule has 0 radical (unpaired) electrons. The number of aromatic amines is 1. The van der Waals surface area contributed by atoms with Gasteiger partial charge in [0.15, 0.2) is 0 Å². The number of rotatable bonds is 4. The van der Waals surface area contributed by atoms with Gasteiger partial charge in [0.1, 0.15) is 6.04 Å². The zero-order chi connectivity index (χ0) is 18.4. The van der Waals surface area contributed by atoms with Gasteiger partial charge in [0.25, 0.3) is 5.91 Å². The molecule has 5 rings (SSSR count). The Morgan fingerprint density at radius 1 is 0.963 bits per heavy atom. The Hall–Kier alpha value is -3.08. The van der Waals surface area contributed by atoms with Crippen LogP contribution < -0.4 is 5.32 Å². The van der Waals surface area contributed by atoms with E-state index in [1.807, 2.05) is 42.6 Å².